The first kappa shape index (κ1) is 33.4. The number of aryl methyl sites for hydroxylation is 1. The summed E-state index contributed by atoms with van der Waals surface area (Å²) in [7, 11) is 0. The molecule has 1 aromatic carbocycles. The highest BCUT2D eigenvalue weighted by Crippen LogP contribution is 2.23. The molecule has 2 atom stereocenters. The number of ketones is 2. The van der Waals surface area contributed by atoms with E-state index in [1.54, 1.807) is 12.1 Å². The summed E-state index contributed by atoms with van der Waals surface area (Å²) in [4.78, 5) is 53.4. The monoisotopic (exact) mass is 534 g/mol. The fourth-order valence-corrected chi connectivity index (χ4v) is 3.64. The summed E-state index contributed by atoms with van der Waals surface area (Å²) in [5.41, 5.74) is 0.631. The summed E-state index contributed by atoms with van der Waals surface area (Å²) >= 11 is 0. The van der Waals surface area contributed by atoms with Crippen LogP contribution in [-0.2, 0) is 35.0 Å². The van der Waals surface area contributed by atoms with Gasteiger partial charge in [0.1, 0.15) is 0 Å². The molecule has 0 fully saturated rings. The number of hydrogen-bond donors (Lipinski definition) is 0. The SMILES string of the molecule is CCCCOC(=O)C(OCCCC)C(=O)c1cccc(CC)c1C(=O)C(OCCCC)C(=O)OCCCC. The van der Waals surface area contributed by atoms with Gasteiger partial charge in [0, 0.05) is 24.3 Å². The standard InChI is InChI=1S/C30H46O8/c1-6-11-18-35-27(29(33)37-20-13-8-3)25(31)23-17-15-16-22(10-5)24(23)26(32)28(36-19-12-7-2)30(34)38-21-14-9-4/h15-17,27-28H,6-14,18-21H2,1-5H3. The molecule has 0 spiro atoms. The Hall–Kier alpha value is -2.58. The maximum absolute atomic E-state index is 13.8. The number of benzene rings is 1. The Bertz CT molecular complexity index is 879. The number of carbonyl (C=O) groups is 4. The second-order valence-corrected chi connectivity index (χ2v) is 9.17. The minimum atomic E-state index is -1.51. The van der Waals surface area contributed by atoms with E-state index in [-0.39, 0.29) is 37.6 Å². The van der Waals surface area contributed by atoms with Gasteiger partial charge in [0.25, 0.3) is 0 Å². The molecule has 0 saturated heterocycles. The summed E-state index contributed by atoms with van der Waals surface area (Å²) in [5, 5.41) is 0. The molecule has 0 heterocycles. The molecular weight excluding hydrogens is 488 g/mol. The van der Waals surface area contributed by atoms with Crippen LogP contribution in [0.5, 0.6) is 0 Å². The zero-order valence-electron chi connectivity index (χ0n) is 23.8. The molecule has 0 saturated carbocycles. The van der Waals surface area contributed by atoms with Crippen LogP contribution in [-0.4, -0.2) is 62.1 Å². The molecule has 0 aliphatic carbocycles. The molecular formula is C30H46O8. The third-order valence-electron chi connectivity index (χ3n) is 6.00. The molecule has 0 N–H and O–H groups in total. The van der Waals surface area contributed by atoms with E-state index in [4.69, 9.17) is 18.9 Å². The minimum absolute atomic E-state index is 0.00809. The van der Waals surface area contributed by atoms with Gasteiger partial charge < -0.3 is 18.9 Å². The van der Waals surface area contributed by atoms with Crippen molar-refractivity contribution in [1.29, 1.82) is 0 Å². The fourth-order valence-electron chi connectivity index (χ4n) is 3.64. The van der Waals surface area contributed by atoms with Gasteiger partial charge in [-0.1, -0.05) is 78.5 Å². The average molecular weight is 535 g/mol. The van der Waals surface area contributed by atoms with E-state index in [0.717, 1.165) is 25.7 Å². The molecule has 8 nitrogen and oxygen atoms in total. The van der Waals surface area contributed by atoms with Crippen LogP contribution in [0.4, 0.5) is 0 Å². The topological polar surface area (TPSA) is 105 Å². The quantitative estimate of drug-likeness (QED) is 0.0859. The predicted molar refractivity (Wildman–Crippen MR) is 146 cm³/mol. The molecule has 1 rings (SSSR count). The van der Waals surface area contributed by atoms with E-state index in [1.165, 1.54) is 6.07 Å². The van der Waals surface area contributed by atoms with Crippen molar-refractivity contribution in [2.24, 2.45) is 0 Å². The van der Waals surface area contributed by atoms with Gasteiger partial charge >= 0.3 is 11.9 Å². The molecule has 0 amide bonds. The van der Waals surface area contributed by atoms with Gasteiger partial charge in [-0.25, -0.2) is 9.59 Å². The second-order valence-electron chi connectivity index (χ2n) is 9.17. The molecule has 0 aliphatic heterocycles. The minimum Gasteiger partial charge on any atom is -0.463 e. The highest BCUT2D eigenvalue weighted by Gasteiger charge is 2.37. The van der Waals surface area contributed by atoms with E-state index >= 15 is 0 Å². The first-order chi connectivity index (χ1) is 18.4. The molecule has 0 aliphatic rings. The van der Waals surface area contributed by atoms with Crippen molar-refractivity contribution >= 4 is 23.5 Å². The molecule has 0 bridgehead atoms. The van der Waals surface area contributed by atoms with E-state index in [9.17, 15) is 19.2 Å². The largest absolute Gasteiger partial charge is 0.463 e. The summed E-state index contributed by atoms with van der Waals surface area (Å²) in [6, 6.07) is 4.86. The maximum atomic E-state index is 13.8. The fraction of sp³-hybridized carbons (Fsp3) is 0.667. The Morgan fingerprint density at radius 1 is 0.632 bits per heavy atom. The van der Waals surface area contributed by atoms with E-state index in [2.05, 4.69) is 0 Å². The van der Waals surface area contributed by atoms with Gasteiger partial charge in [-0.15, -0.1) is 0 Å². The Morgan fingerprint density at radius 3 is 1.53 bits per heavy atom. The lowest BCUT2D eigenvalue weighted by Gasteiger charge is -2.21. The van der Waals surface area contributed by atoms with Crippen molar-refractivity contribution < 1.29 is 38.1 Å². The number of Topliss-reactive ketones (excluding diaryl/α,β-unsaturated/α-hetero) is 2. The second kappa shape index (κ2) is 19.5. The Balaban J connectivity index is 3.44. The smallest absolute Gasteiger partial charge is 0.343 e. The van der Waals surface area contributed by atoms with Gasteiger partial charge in [-0.2, -0.15) is 0 Å². The number of ether oxygens (including phenoxy) is 4. The lowest BCUT2D eigenvalue weighted by atomic mass is 9.89. The number of hydrogen-bond acceptors (Lipinski definition) is 8. The van der Waals surface area contributed by atoms with Crippen LogP contribution in [0.3, 0.4) is 0 Å². The van der Waals surface area contributed by atoms with Crippen LogP contribution in [0.15, 0.2) is 18.2 Å². The molecule has 2 unspecified atom stereocenters. The highest BCUT2D eigenvalue weighted by atomic mass is 16.6. The van der Waals surface area contributed by atoms with Gasteiger partial charge in [-0.05, 0) is 37.7 Å². The first-order valence-electron chi connectivity index (χ1n) is 14.1. The Morgan fingerprint density at radius 2 is 1.08 bits per heavy atom. The van der Waals surface area contributed by atoms with E-state index in [0.29, 0.717) is 37.7 Å². The number of esters is 2. The molecule has 214 valence electrons. The van der Waals surface area contributed by atoms with Gasteiger partial charge in [0.05, 0.1) is 13.2 Å². The number of carbonyl (C=O) groups excluding carboxylic acids is 4. The number of rotatable bonds is 21. The van der Waals surface area contributed by atoms with Crippen LogP contribution >= 0.6 is 0 Å². The lowest BCUT2D eigenvalue weighted by molar-refractivity contribution is -0.155. The third kappa shape index (κ3) is 10.7. The van der Waals surface area contributed by atoms with Crippen molar-refractivity contribution in [3.05, 3.63) is 34.9 Å². The van der Waals surface area contributed by atoms with Crippen LogP contribution in [0.1, 0.15) is 112 Å². The summed E-state index contributed by atoms with van der Waals surface area (Å²) in [6.45, 7) is 10.5. The van der Waals surface area contributed by atoms with Crippen molar-refractivity contribution in [3.63, 3.8) is 0 Å². The summed E-state index contributed by atoms with van der Waals surface area (Å²) in [6.07, 6.45) is 3.34. The normalized spacial score (nSPS) is 12.6. The summed E-state index contributed by atoms with van der Waals surface area (Å²) in [5.74, 6) is -2.89. The van der Waals surface area contributed by atoms with Crippen LogP contribution < -0.4 is 0 Å². The maximum Gasteiger partial charge on any atom is 0.343 e. The Kier molecular flexibility index (Phi) is 17.1. The zero-order chi connectivity index (χ0) is 28.3. The van der Waals surface area contributed by atoms with Gasteiger partial charge in [-0.3, -0.25) is 9.59 Å². The van der Waals surface area contributed by atoms with E-state index in [1.807, 2.05) is 34.6 Å². The molecule has 0 radical (unpaired) electrons. The first-order valence-corrected chi connectivity index (χ1v) is 14.1. The molecule has 1 aromatic rings. The zero-order valence-corrected chi connectivity index (χ0v) is 23.8. The number of unbranched alkanes of at least 4 members (excludes halogenated alkanes) is 4. The predicted octanol–water partition coefficient (Wildman–Crippen LogP) is 5.67. The highest BCUT2D eigenvalue weighted by molar-refractivity contribution is 6.20. The van der Waals surface area contributed by atoms with Crippen molar-refractivity contribution in [1.82, 2.24) is 0 Å². The van der Waals surface area contributed by atoms with Crippen LogP contribution in [0.25, 0.3) is 0 Å². The molecule has 8 heteroatoms. The van der Waals surface area contributed by atoms with Crippen molar-refractivity contribution in [2.45, 2.75) is 105 Å². The van der Waals surface area contributed by atoms with Gasteiger partial charge in [0.2, 0.25) is 23.8 Å². The summed E-state index contributed by atoms with van der Waals surface area (Å²) < 4.78 is 22.1. The van der Waals surface area contributed by atoms with Crippen LogP contribution in [0, 0.1) is 0 Å². The average Bonchev–Trinajstić information content (AvgIpc) is 2.92. The van der Waals surface area contributed by atoms with Crippen LogP contribution in [0.2, 0.25) is 0 Å². The molecule has 38 heavy (non-hydrogen) atoms. The van der Waals surface area contributed by atoms with E-state index < -0.39 is 35.7 Å². The lowest BCUT2D eigenvalue weighted by Crippen LogP contribution is -2.39. The Labute approximate surface area is 227 Å². The van der Waals surface area contributed by atoms with Crippen molar-refractivity contribution in [3.8, 4) is 0 Å². The molecule has 0 aromatic heterocycles. The van der Waals surface area contributed by atoms with Gasteiger partial charge in [0.15, 0.2) is 0 Å². The van der Waals surface area contributed by atoms with Crippen molar-refractivity contribution in [2.75, 3.05) is 26.4 Å². The third-order valence-corrected chi connectivity index (χ3v) is 6.00.